The van der Waals surface area contributed by atoms with Crippen molar-refractivity contribution in [2.24, 2.45) is 0 Å². The lowest BCUT2D eigenvalue weighted by Crippen LogP contribution is -2.69. The summed E-state index contributed by atoms with van der Waals surface area (Å²) in [6.45, 7) is 0. The zero-order valence-electron chi connectivity index (χ0n) is 14.5. The Morgan fingerprint density at radius 1 is 1.19 bits per heavy atom. The van der Waals surface area contributed by atoms with Crippen LogP contribution in [0.1, 0.15) is 37.7 Å². The van der Waals surface area contributed by atoms with Crippen LogP contribution in [0, 0.1) is 0 Å². The Morgan fingerprint density at radius 2 is 1.81 bits per heavy atom. The van der Waals surface area contributed by atoms with Crippen LogP contribution in [0.2, 0.25) is 0 Å². The minimum Gasteiger partial charge on any atom is -0.318 e. The largest absolute Gasteiger partial charge is 0.440 e. The van der Waals surface area contributed by atoms with Gasteiger partial charge in [-0.1, -0.05) is 43.2 Å². The van der Waals surface area contributed by atoms with Gasteiger partial charge in [0.2, 0.25) is 5.91 Å². The molecule has 9 heteroatoms. The quantitative estimate of drug-likeness (QED) is 0.767. The Bertz CT molecular complexity index is 732. The third-order valence-electron chi connectivity index (χ3n) is 4.98. The number of carbonyl (C=O) groups excluding carboxylic acids is 3. The molecule has 4 amide bonds. The van der Waals surface area contributed by atoms with Crippen molar-refractivity contribution in [1.82, 2.24) is 15.5 Å². The summed E-state index contributed by atoms with van der Waals surface area (Å²) in [7, 11) is 0. The van der Waals surface area contributed by atoms with Crippen LogP contribution in [-0.2, 0) is 16.0 Å². The summed E-state index contributed by atoms with van der Waals surface area (Å²) in [5, 5.41) is 3.44. The van der Waals surface area contributed by atoms with Crippen LogP contribution in [0.5, 0.6) is 0 Å². The molecule has 0 bridgehead atoms. The summed E-state index contributed by atoms with van der Waals surface area (Å²) in [6.07, 6.45) is -2.77. The highest BCUT2D eigenvalue weighted by Crippen LogP contribution is 2.37. The van der Waals surface area contributed by atoms with E-state index in [9.17, 15) is 27.6 Å². The second kappa shape index (κ2) is 7.21. The Balaban J connectivity index is 1.76. The van der Waals surface area contributed by atoms with Crippen molar-refractivity contribution in [3.63, 3.8) is 0 Å². The molecule has 6 nitrogen and oxygen atoms in total. The van der Waals surface area contributed by atoms with E-state index in [4.69, 9.17) is 0 Å². The molecule has 1 aliphatic carbocycles. The number of halogens is 3. The smallest absolute Gasteiger partial charge is 0.318 e. The van der Waals surface area contributed by atoms with E-state index in [0.29, 0.717) is 17.7 Å². The van der Waals surface area contributed by atoms with Gasteiger partial charge < -0.3 is 5.32 Å². The fourth-order valence-electron chi connectivity index (χ4n) is 3.56. The summed E-state index contributed by atoms with van der Waals surface area (Å²) in [6, 6.07) is 7.10. The topological polar surface area (TPSA) is 78.5 Å². The van der Waals surface area contributed by atoms with Crippen molar-refractivity contribution in [3.8, 4) is 0 Å². The van der Waals surface area contributed by atoms with Gasteiger partial charge in [0, 0.05) is 12.5 Å². The van der Waals surface area contributed by atoms with Gasteiger partial charge in [-0.15, -0.1) is 0 Å². The van der Waals surface area contributed by atoms with Crippen molar-refractivity contribution in [1.29, 1.82) is 0 Å². The standard InChI is InChI=1S/C18H20F3N3O3/c19-18(20,21)17(22-14(25)11-10-12-6-2-1-3-7-12)15(26)24(16(27)23-17)13-8-4-5-9-13/h1-3,6-7,13H,4-5,8-11H2,(H,22,25)(H,23,27)/t17-/m1/s1. The van der Waals surface area contributed by atoms with Crippen LogP contribution in [-0.4, -0.2) is 40.6 Å². The first kappa shape index (κ1) is 19.2. The van der Waals surface area contributed by atoms with E-state index in [-0.39, 0.29) is 12.8 Å². The third-order valence-corrected chi connectivity index (χ3v) is 4.98. The van der Waals surface area contributed by atoms with E-state index in [0.717, 1.165) is 18.4 Å². The highest BCUT2D eigenvalue weighted by Gasteiger charge is 2.69. The monoisotopic (exact) mass is 383 g/mol. The molecular weight excluding hydrogens is 363 g/mol. The van der Waals surface area contributed by atoms with Gasteiger partial charge in [0.05, 0.1) is 0 Å². The first-order valence-electron chi connectivity index (χ1n) is 8.82. The lowest BCUT2D eigenvalue weighted by atomic mass is 10.1. The molecule has 1 heterocycles. The maximum atomic E-state index is 13.7. The van der Waals surface area contributed by atoms with Gasteiger partial charge in [0.15, 0.2) is 0 Å². The molecule has 1 aliphatic heterocycles. The zero-order valence-corrected chi connectivity index (χ0v) is 14.5. The number of hydrogen-bond donors (Lipinski definition) is 2. The third kappa shape index (κ3) is 3.63. The van der Waals surface area contributed by atoms with Crippen molar-refractivity contribution in [2.45, 2.75) is 56.4 Å². The molecule has 2 aliphatic rings. The first-order valence-corrected chi connectivity index (χ1v) is 8.82. The van der Waals surface area contributed by atoms with Gasteiger partial charge in [-0.25, -0.2) is 4.79 Å². The van der Waals surface area contributed by atoms with Crippen molar-refractivity contribution in [2.75, 3.05) is 0 Å². The summed E-state index contributed by atoms with van der Waals surface area (Å²) < 4.78 is 41.2. The SMILES string of the molecule is O=C(CCc1ccccc1)N[C@@]1(C(F)(F)F)NC(=O)N(C2CCCC2)C1=O. The number of imide groups is 1. The zero-order chi connectivity index (χ0) is 19.7. The number of nitrogens with one attached hydrogen (secondary N) is 2. The van der Waals surface area contributed by atoms with Gasteiger partial charge in [-0.3, -0.25) is 19.8 Å². The highest BCUT2D eigenvalue weighted by molar-refractivity contribution is 6.09. The van der Waals surface area contributed by atoms with E-state index in [1.165, 1.54) is 0 Å². The van der Waals surface area contributed by atoms with E-state index in [2.05, 4.69) is 0 Å². The Morgan fingerprint density at radius 3 is 2.41 bits per heavy atom. The predicted molar refractivity (Wildman–Crippen MR) is 89.3 cm³/mol. The number of aryl methyl sites for hydroxylation is 1. The average molecular weight is 383 g/mol. The van der Waals surface area contributed by atoms with Crippen LogP contribution >= 0.6 is 0 Å². The molecule has 3 rings (SSSR count). The van der Waals surface area contributed by atoms with E-state index in [1.807, 2.05) is 0 Å². The van der Waals surface area contributed by atoms with Gasteiger partial charge in [0.25, 0.3) is 11.6 Å². The average Bonchev–Trinajstić information content (AvgIpc) is 3.21. The number of alkyl halides is 3. The number of amides is 4. The van der Waals surface area contributed by atoms with Crippen molar-refractivity contribution < 1.29 is 27.6 Å². The van der Waals surface area contributed by atoms with Crippen LogP contribution in [0.25, 0.3) is 0 Å². The number of urea groups is 1. The molecule has 0 unspecified atom stereocenters. The molecular formula is C18H20F3N3O3. The molecule has 146 valence electrons. The van der Waals surface area contributed by atoms with E-state index >= 15 is 0 Å². The van der Waals surface area contributed by atoms with E-state index < -0.39 is 35.7 Å². The van der Waals surface area contributed by atoms with Gasteiger partial charge in [-0.05, 0) is 24.8 Å². The molecule has 0 radical (unpaired) electrons. The molecule has 2 N–H and O–H groups in total. The number of hydrogen-bond acceptors (Lipinski definition) is 3. The predicted octanol–water partition coefficient (Wildman–Crippen LogP) is 2.49. The number of rotatable bonds is 5. The number of benzene rings is 1. The minimum atomic E-state index is -5.16. The molecule has 27 heavy (non-hydrogen) atoms. The van der Waals surface area contributed by atoms with Gasteiger partial charge in [-0.2, -0.15) is 13.2 Å². The Hall–Kier alpha value is -2.58. The van der Waals surface area contributed by atoms with Crippen molar-refractivity contribution in [3.05, 3.63) is 35.9 Å². The Labute approximate surface area is 154 Å². The maximum absolute atomic E-state index is 13.7. The normalized spacial score (nSPS) is 23.6. The van der Waals surface area contributed by atoms with Crippen molar-refractivity contribution >= 4 is 17.8 Å². The molecule has 1 aromatic carbocycles. The first-order chi connectivity index (χ1) is 12.7. The second-order valence-corrected chi connectivity index (χ2v) is 6.83. The molecule has 1 saturated heterocycles. The van der Waals surface area contributed by atoms with Crippen LogP contribution < -0.4 is 10.6 Å². The number of nitrogens with zero attached hydrogens (tertiary/aromatic N) is 1. The number of carbonyl (C=O) groups is 3. The highest BCUT2D eigenvalue weighted by atomic mass is 19.4. The molecule has 0 spiro atoms. The summed E-state index contributed by atoms with van der Waals surface area (Å²) in [5.74, 6) is -2.42. The molecule has 2 fully saturated rings. The summed E-state index contributed by atoms with van der Waals surface area (Å²) >= 11 is 0. The second-order valence-electron chi connectivity index (χ2n) is 6.83. The lowest BCUT2D eigenvalue weighted by Gasteiger charge is -2.30. The van der Waals surface area contributed by atoms with Crippen LogP contribution in [0.3, 0.4) is 0 Å². The van der Waals surface area contributed by atoms with Gasteiger partial charge in [0.1, 0.15) is 0 Å². The summed E-state index contributed by atoms with van der Waals surface area (Å²) in [5.41, 5.74) is -2.62. The molecule has 1 atom stereocenters. The lowest BCUT2D eigenvalue weighted by molar-refractivity contribution is -0.204. The van der Waals surface area contributed by atoms with Gasteiger partial charge >= 0.3 is 12.2 Å². The Kier molecular flexibility index (Phi) is 5.12. The van der Waals surface area contributed by atoms with Crippen LogP contribution in [0.4, 0.5) is 18.0 Å². The molecule has 1 saturated carbocycles. The van der Waals surface area contributed by atoms with Crippen LogP contribution in [0.15, 0.2) is 30.3 Å². The fraction of sp³-hybridized carbons (Fsp3) is 0.500. The summed E-state index contributed by atoms with van der Waals surface area (Å²) in [4.78, 5) is 37.5. The fourth-order valence-corrected chi connectivity index (χ4v) is 3.56. The van der Waals surface area contributed by atoms with E-state index in [1.54, 1.807) is 41.0 Å². The molecule has 0 aromatic heterocycles. The molecule has 1 aromatic rings. The maximum Gasteiger partial charge on any atom is 0.440 e. The minimum absolute atomic E-state index is 0.217.